The Morgan fingerprint density at radius 3 is 2.47 bits per heavy atom. The summed E-state index contributed by atoms with van der Waals surface area (Å²) in [5.74, 6) is 0.0463. The molecule has 1 aromatic carbocycles. The number of hydrogen-bond acceptors (Lipinski definition) is 2. The van der Waals surface area contributed by atoms with Crippen LogP contribution in [0, 0.1) is 5.92 Å². The predicted molar refractivity (Wildman–Crippen MR) is 73.7 cm³/mol. The second kappa shape index (κ2) is 6.60. The molecule has 17 heavy (non-hydrogen) atoms. The highest BCUT2D eigenvalue weighted by Crippen LogP contribution is 2.31. The van der Waals surface area contributed by atoms with Crippen molar-refractivity contribution in [2.24, 2.45) is 11.7 Å². The van der Waals surface area contributed by atoms with Crippen LogP contribution in [0.2, 0.25) is 10.0 Å². The molecule has 96 valence electrons. The normalized spacial score (nSPS) is 16.6. The first-order valence-corrected chi connectivity index (χ1v) is 6.59. The molecular formula is C13H19Cl2NO. The quantitative estimate of drug-likeness (QED) is 0.865. The Labute approximate surface area is 113 Å². The standard InChI is InChI=1S/C13H19Cl2NO/c1-3-8(2)13(17)11(7-16)10-5-4-9(14)6-12(10)15/h4-6,8,11,13,17H,3,7,16H2,1-2H3. The largest absolute Gasteiger partial charge is 0.392 e. The Morgan fingerprint density at radius 1 is 1.35 bits per heavy atom. The van der Waals surface area contributed by atoms with Gasteiger partial charge in [-0.3, -0.25) is 0 Å². The van der Waals surface area contributed by atoms with Crippen LogP contribution < -0.4 is 5.73 Å². The van der Waals surface area contributed by atoms with Gasteiger partial charge in [0.25, 0.3) is 0 Å². The fourth-order valence-electron chi connectivity index (χ4n) is 1.89. The van der Waals surface area contributed by atoms with E-state index in [1.54, 1.807) is 12.1 Å². The van der Waals surface area contributed by atoms with Crippen molar-refractivity contribution >= 4 is 23.2 Å². The number of aliphatic hydroxyl groups is 1. The Balaban J connectivity index is 3.01. The van der Waals surface area contributed by atoms with Crippen LogP contribution in [0.4, 0.5) is 0 Å². The summed E-state index contributed by atoms with van der Waals surface area (Å²) >= 11 is 12.0. The molecule has 0 fully saturated rings. The fraction of sp³-hybridized carbons (Fsp3) is 0.538. The van der Waals surface area contributed by atoms with Crippen molar-refractivity contribution in [1.82, 2.24) is 0 Å². The van der Waals surface area contributed by atoms with Crippen LogP contribution in [0.25, 0.3) is 0 Å². The minimum absolute atomic E-state index is 0.144. The molecule has 0 radical (unpaired) electrons. The van der Waals surface area contributed by atoms with Crippen LogP contribution in [0.15, 0.2) is 18.2 Å². The lowest BCUT2D eigenvalue weighted by molar-refractivity contribution is 0.0886. The zero-order valence-electron chi connectivity index (χ0n) is 10.2. The van der Waals surface area contributed by atoms with Gasteiger partial charge in [0.15, 0.2) is 0 Å². The monoisotopic (exact) mass is 275 g/mol. The van der Waals surface area contributed by atoms with Crippen molar-refractivity contribution < 1.29 is 5.11 Å². The Bertz CT molecular complexity index is 370. The van der Waals surface area contributed by atoms with Gasteiger partial charge >= 0.3 is 0 Å². The Morgan fingerprint density at radius 2 is 2.00 bits per heavy atom. The van der Waals surface area contributed by atoms with Gasteiger partial charge in [-0.05, 0) is 23.6 Å². The lowest BCUT2D eigenvalue weighted by atomic mass is 9.85. The molecule has 3 unspecified atom stereocenters. The van der Waals surface area contributed by atoms with Crippen molar-refractivity contribution in [1.29, 1.82) is 0 Å². The SMILES string of the molecule is CCC(C)C(O)C(CN)c1ccc(Cl)cc1Cl. The van der Waals surface area contributed by atoms with Crippen LogP contribution in [0.1, 0.15) is 31.7 Å². The first-order chi connectivity index (χ1) is 8.01. The molecule has 2 nitrogen and oxygen atoms in total. The van der Waals surface area contributed by atoms with Crippen molar-refractivity contribution in [3.8, 4) is 0 Å². The molecule has 4 heteroatoms. The zero-order valence-corrected chi connectivity index (χ0v) is 11.7. The van der Waals surface area contributed by atoms with E-state index in [0.29, 0.717) is 16.6 Å². The Hall–Kier alpha value is -0.280. The molecule has 3 N–H and O–H groups in total. The number of nitrogens with two attached hydrogens (primary N) is 1. The minimum Gasteiger partial charge on any atom is -0.392 e. The smallest absolute Gasteiger partial charge is 0.0646 e. The maximum absolute atomic E-state index is 10.3. The second-order valence-electron chi connectivity index (χ2n) is 4.38. The summed E-state index contributed by atoms with van der Waals surface area (Å²) in [6, 6.07) is 5.30. The average molecular weight is 276 g/mol. The van der Waals surface area contributed by atoms with Gasteiger partial charge in [0.05, 0.1) is 6.10 Å². The lowest BCUT2D eigenvalue weighted by Crippen LogP contribution is -2.31. The van der Waals surface area contributed by atoms with Crippen molar-refractivity contribution in [2.45, 2.75) is 32.3 Å². The zero-order chi connectivity index (χ0) is 13.0. The number of hydrogen-bond donors (Lipinski definition) is 2. The third-order valence-corrected chi connectivity index (χ3v) is 3.82. The maximum Gasteiger partial charge on any atom is 0.0646 e. The van der Waals surface area contributed by atoms with E-state index >= 15 is 0 Å². The summed E-state index contributed by atoms with van der Waals surface area (Å²) in [5, 5.41) is 11.4. The molecule has 0 bridgehead atoms. The molecule has 0 spiro atoms. The van der Waals surface area contributed by atoms with Crippen molar-refractivity contribution in [3.63, 3.8) is 0 Å². The predicted octanol–water partition coefficient (Wildman–Crippen LogP) is 3.44. The van der Waals surface area contributed by atoms with Gasteiger partial charge in [0.1, 0.15) is 0 Å². The molecule has 0 saturated heterocycles. The van der Waals surface area contributed by atoms with Gasteiger partial charge < -0.3 is 10.8 Å². The number of benzene rings is 1. The maximum atomic E-state index is 10.3. The van der Waals surface area contributed by atoms with Crippen LogP contribution in [0.5, 0.6) is 0 Å². The van der Waals surface area contributed by atoms with E-state index < -0.39 is 6.10 Å². The highest BCUT2D eigenvalue weighted by molar-refractivity contribution is 6.35. The summed E-state index contributed by atoms with van der Waals surface area (Å²) < 4.78 is 0. The molecule has 0 heterocycles. The van der Waals surface area contributed by atoms with Crippen LogP contribution in [0.3, 0.4) is 0 Å². The molecular weight excluding hydrogens is 257 g/mol. The molecule has 0 aliphatic heterocycles. The van der Waals surface area contributed by atoms with Gasteiger partial charge in [-0.1, -0.05) is 49.5 Å². The highest BCUT2D eigenvalue weighted by Gasteiger charge is 2.25. The third-order valence-electron chi connectivity index (χ3n) is 3.26. The topological polar surface area (TPSA) is 46.2 Å². The van der Waals surface area contributed by atoms with E-state index in [9.17, 15) is 5.11 Å². The van der Waals surface area contributed by atoms with Crippen molar-refractivity contribution in [2.75, 3.05) is 6.54 Å². The van der Waals surface area contributed by atoms with Gasteiger partial charge in [0, 0.05) is 22.5 Å². The van der Waals surface area contributed by atoms with Gasteiger partial charge in [-0.15, -0.1) is 0 Å². The molecule has 0 saturated carbocycles. The summed E-state index contributed by atoms with van der Waals surface area (Å²) in [7, 11) is 0. The molecule has 0 aliphatic carbocycles. The number of aliphatic hydroxyl groups excluding tert-OH is 1. The van der Waals surface area contributed by atoms with Crippen LogP contribution >= 0.6 is 23.2 Å². The molecule has 0 aliphatic rings. The van der Waals surface area contributed by atoms with E-state index in [2.05, 4.69) is 0 Å². The summed E-state index contributed by atoms with van der Waals surface area (Å²) in [5.41, 5.74) is 6.62. The van der Waals surface area contributed by atoms with E-state index in [4.69, 9.17) is 28.9 Å². The second-order valence-corrected chi connectivity index (χ2v) is 5.23. The molecule has 1 aromatic rings. The molecule has 3 atom stereocenters. The highest BCUT2D eigenvalue weighted by atomic mass is 35.5. The van der Waals surface area contributed by atoms with E-state index in [0.717, 1.165) is 12.0 Å². The average Bonchev–Trinajstić information content (AvgIpc) is 2.31. The fourth-order valence-corrected chi connectivity index (χ4v) is 2.44. The summed E-state index contributed by atoms with van der Waals surface area (Å²) in [4.78, 5) is 0. The molecule has 0 amide bonds. The van der Waals surface area contributed by atoms with Crippen molar-refractivity contribution in [3.05, 3.63) is 33.8 Å². The summed E-state index contributed by atoms with van der Waals surface area (Å²) in [6.45, 7) is 4.43. The number of halogens is 2. The molecule has 0 aromatic heterocycles. The Kier molecular flexibility index (Phi) is 5.74. The molecule has 1 rings (SSSR count). The lowest BCUT2D eigenvalue weighted by Gasteiger charge is -2.27. The number of rotatable bonds is 5. The van der Waals surface area contributed by atoms with E-state index in [-0.39, 0.29) is 11.8 Å². The van der Waals surface area contributed by atoms with Crippen LogP contribution in [-0.4, -0.2) is 17.8 Å². The first kappa shape index (κ1) is 14.8. The van der Waals surface area contributed by atoms with Gasteiger partial charge in [-0.2, -0.15) is 0 Å². The van der Waals surface area contributed by atoms with Gasteiger partial charge in [0.2, 0.25) is 0 Å². The minimum atomic E-state index is -0.483. The van der Waals surface area contributed by atoms with E-state index in [1.807, 2.05) is 19.9 Å². The van der Waals surface area contributed by atoms with Crippen LogP contribution in [-0.2, 0) is 0 Å². The first-order valence-electron chi connectivity index (χ1n) is 5.84. The third kappa shape index (κ3) is 3.59. The van der Waals surface area contributed by atoms with Gasteiger partial charge in [-0.25, -0.2) is 0 Å². The van der Waals surface area contributed by atoms with E-state index in [1.165, 1.54) is 0 Å². The summed E-state index contributed by atoms with van der Waals surface area (Å²) in [6.07, 6.45) is 0.423.